The van der Waals surface area contributed by atoms with Gasteiger partial charge in [-0.05, 0) is 204 Å². The van der Waals surface area contributed by atoms with Crippen LogP contribution in [0.5, 0.6) is 0 Å². The summed E-state index contributed by atoms with van der Waals surface area (Å²) in [7, 11) is 0. The first-order valence-electron chi connectivity index (χ1n) is 47.4. The van der Waals surface area contributed by atoms with E-state index < -0.39 is 0 Å². The van der Waals surface area contributed by atoms with Crippen LogP contribution in [0.3, 0.4) is 0 Å². The fourth-order valence-electron chi connectivity index (χ4n) is 22.7. The van der Waals surface area contributed by atoms with Gasteiger partial charge in [-0.3, -0.25) is 0 Å². The maximum absolute atomic E-state index is 7.36. The molecule has 0 aliphatic rings. The fraction of sp³-hybridized carbons (Fsp3) is 0. The lowest BCUT2D eigenvalue weighted by Crippen LogP contribution is -2.03. The Kier molecular flexibility index (Phi) is 16.7. The van der Waals surface area contributed by atoms with E-state index in [1.165, 1.54) is 26.9 Å². The second-order valence-electron chi connectivity index (χ2n) is 36.6. The molecular weight excluding hydrogens is 1710 g/mol. The summed E-state index contributed by atoms with van der Waals surface area (Å²) in [6.45, 7) is 0. The van der Waals surface area contributed by atoms with Gasteiger partial charge < -0.3 is 27.1 Å². The molecule has 0 N–H and O–H groups in total. The van der Waals surface area contributed by atoms with Crippen LogP contribution in [0.2, 0.25) is 0 Å². The zero-order chi connectivity index (χ0) is 91.5. The van der Waals surface area contributed by atoms with Gasteiger partial charge in [0.2, 0.25) is 0 Å². The van der Waals surface area contributed by atoms with Gasteiger partial charge in [0.25, 0.3) is 0 Å². The molecule has 8 heterocycles. The first-order valence-corrected chi connectivity index (χ1v) is 47.4. The lowest BCUT2D eigenvalue weighted by Gasteiger charge is -2.15. The smallest absolute Gasteiger partial charge is 0.167 e. The summed E-state index contributed by atoms with van der Waals surface area (Å²) in [4.78, 5) is 33.9. The maximum Gasteiger partial charge on any atom is 0.167 e. The highest BCUT2D eigenvalue weighted by Gasteiger charge is 2.31. The Morgan fingerprint density at radius 1 is 0.164 bits per heavy atom. The van der Waals surface area contributed by atoms with Crippen LogP contribution in [0.25, 0.3) is 298 Å². The zero-order valence-corrected chi connectivity index (χ0v) is 75.0. The highest BCUT2D eigenvalue weighted by molar-refractivity contribution is 6.27. The Morgan fingerprint density at radius 3 is 1.16 bits per heavy atom. The van der Waals surface area contributed by atoms with Crippen LogP contribution in [0.1, 0.15) is 0 Å². The predicted octanol–water partition coefficient (Wildman–Crippen LogP) is 33.3. The van der Waals surface area contributed by atoms with E-state index in [0.717, 1.165) is 225 Å². The van der Waals surface area contributed by atoms with Gasteiger partial charge in [-0.1, -0.05) is 322 Å². The molecule has 12 nitrogen and oxygen atoms in total. The number of aromatic nitrogens is 10. The molecule has 0 spiro atoms. The molecule has 30 rings (SSSR count). The number of rotatable bonds is 12. The van der Waals surface area contributed by atoms with Crippen LogP contribution < -0.4 is 0 Å². The van der Waals surface area contributed by atoms with Crippen molar-refractivity contribution < 1.29 is 8.83 Å². The number of para-hydroxylation sites is 7. The Hall–Kier alpha value is -19.0. The Bertz CT molecular complexity index is 10500. The molecule has 30 aromatic rings. The molecule has 0 amide bonds. The molecule has 0 bridgehead atoms. The molecule has 0 aliphatic carbocycles. The molecule has 0 unspecified atom stereocenters. The average Bonchev–Trinajstić information content (AvgIpc) is 1.55. The minimum atomic E-state index is 0.475. The van der Waals surface area contributed by atoms with E-state index in [1.54, 1.807) is 0 Å². The summed E-state index contributed by atoms with van der Waals surface area (Å²) in [6.07, 6.45) is 0. The lowest BCUT2D eigenvalue weighted by atomic mass is 9.95. The van der Waals surface area contributed by atoms with Crippen LogP contribution in [-0.4, -0.2) is 48.2 Å². The van der Waals surface area contributed by atoms with E-state index in [4.69, 9.17) is 38.7 Å². The van der Waals surface area contributed by atoms with Crippen molar-refractivity contribution in [3.05, 3.63) is 449 Å². The maximum atomic E-state index is 7.36. The lowest BCUT2D eigenvalue weighted by molar-refractivity contribution is 0.669. The third-order valence-electron chi connectivity index (χ3n) is 29.0. The third kappa shape index (κ3) is 11.7. The highest BCUT2D eigenvalue weighted by Crippen LogP contribution is 2.51. The first-order chi connectivity index (χ1) is 69.4. The number of hydrogen-bond donors (Lipinski definition) is 0. The van der Waals surface area contributed by atoms with Crippen molar-refractivity contribution in [2.75, 3.05) is 0 Å². The second kappa shape index (κ2) is 30.2. The molecule has 0 atom stereocenters. The standard InChI is InChI=1S/C128H74N10O2/c1-4-28-75(29-5-1)76-56-58-79(59-57-76)123-129-125(133-127(130-123)100-63-66-108(117-96-45-19-22-54-114(96)139-121(100)117)137-107-65-61-78-31-15-17-43-90(78)116(107)105-69-81-33-11-13-35-83(81)71-113(105)137)99-52-27-49-94-92-62-60-85(73-110(92)136(120(94)99)87-40-8-3-9-41-87)89-47-25-37-84-72-112-104(74-102(84)89)103-68-80-32-10-12-34-82(80)70-111(103)138(112)109-67-64-101(122-118(109)97-46-20-23-55-115(97)140-122)128-132-124(95-50-24-36-77-30-14-16-42-88(77)95)131-126(134-128)98-51-26-48-93-91-44-18-21-53-106(91)135(119(93)98)86-38-6-2-7-39-86/h1-74H. The normalized spacial score (nSPS) is 12.1. The Morgan fingerprint density at radius 2 is 0.550 bits per heavy atom. The van der Waals surface area contributed by atoms with Gasteiger partial charge in [0.1, 0.15) is 22.3 Å². The molecular formula is C128H74N10O2. The quantitative estimate of drug-likeness (QED) is 0.118. The molecule has 12 heteroatoms. The van der Waals surface area contributed by atoms with Crippen LogP contribution >= 0.6 is 0 Å². The van der Waals surface area contributed by atoms with Crippen LogP contribution in [-0.2, 0) is 0 Å². The molecule has 0 saturated carbocycles. The summed E-state index contributed by atoms with van der Waals surface area (Å²) < 4.78 is 24.3. The highest BCUT2D eigenvalue weighted by atomic mass is 16.3. The SMILES string of the molecule is c1ccc(-c2ccc(-c3nc(-c4ccc(-n5c6cc7ccccc7cc6c6c7ccccc7ccc65)c5c4oc4ccccc45)nc(-c4cccc5c6ccc(-c7cccc8cc9c(cc78)c7cc8ccccc8cc7n9-c7ccc(-c8nc(-c9cccc%10ccccc9%10)nc(-c9cccc%10c%11ccccc%11n(-c%11ccccc%11)c9%10)n8)c8oc9ccccc9c78)cc6n(-c6ccccc6)c45)n3)cc2)cc1. The van der Waals surface area contributed by atoms with Crippen molar-refractivity contribution in [2.24, 2.45) is 0 Å². The van der Waals surface area contributed by atoms with E-state index in [0.29, 0.717) is 46.1 Å². The van der Waals surface area contributed by atoms with E-state index in [2.05, 4.69) is 455 Å². The number of fused-ring (bicyclic) bond motifs is 24. The van der Waals surface area contributed by atoms with E-state index >= 15 is 0 Å². The van der Waals surface area contributed by atoms with Gasteiger partial charge in [-0.25, -0.2) is 29.9 Å². The third-order valence-corrected chi connectivity index (χ3v) is 29.0. The van der Waals surface area contributed by atoms with Gasteiger partial charge in [0.05, 0.1) is 77.4 Å². The van der Waals surface area contributed by atoms with E-state index in [1.807, 2.05) is 12.1 Å². The molecule has 0 saturated heterocycles. The number of furan rings is 2. The van der Waals surface area contributed by atoms with Crippen molar-refractivity contribution in [1.82, 2.24) is 48.2 Å². The van der Waals surface area contributed by atoms with Gasteiger partial charge in [0.15, 0.2) is 34.9 Å². The molecule has 0 radical (unpaired) electrons. The summed E-state index contributed by atoms with van der Waals surface area (Å²) in [5.41, 5.74) is 24.4. The van der Waals surface area contributed by atoms with Crippen molar-refractivity contribution >= 4 is 185 Å². The molecule has 8 aromatic heterocycles. The summed E-state index contributed by atoms with van der Waals surface area (Å²) in [5.74, 6) is 3.08. The summed E-state index contributed by atoms with van der Waals surface area (Å²) >= 11 is 0. The minimum Gasteiger partial charge on any atom is -0.455 e. The van der Waals surface area contributed by atoms with Crippen molar-refractivity contribution in [3.8, 4) is 113 Å². The largest absolute Gasteiger partial charge is 0.455 e. The number of benzene rings is 22. The van der Waals surface area contributed by atoms with Crippen molar-refractivity contribution in [3.63, 3.8) is 0 Å². The number of nitrogens with zero attached hydrogens (tertiary/aromatic N) is 10. The van der Waals surface area contributed by atoms with Crippen molar-refractivity contribution in [2.45, 2.75) is 0 Å². The van der Waals surface area contributed by atoms with E-state index in [-0.39, 0.29) is 0 Å². The Balaban J connectivity index is 0.603. The van der Waals surface area contributed by atoms with E-state index in [9.17, 15) is 0 Å². The molecule has 0 fully saturated rings. The molecule has 22 aromatic carbocycles. The second-order valence-corrected chi connectivity index (χ2v) is 36.6. The van der Waals surface area contributed by atoms with Gasteiger partial charge in [-0.2, -0.15) is 0 Å². The van der Waals surface area contributed by atoms with Gasteiger partial charge in [-0.15, -0.1) is 0 Å². The van der Waals surface area contributed by atoms with Crippen LogP contribution in [0.15, 0.2) is 458 Å². The topological polar surface area (TPSA) is 123 Å². The van der Waals surface area contributed by atoms with Gasteiger partial charge >= 0.3 is 0 Å². The predicted molar refractivity (Wildman–Crippen MR) is 576 cm³/mol. The number of hydrogen-bond acceptors (Lipinski definition) is 8. The first kappa shape index (κ1) is 77.4. The average molecular weight is 1780 g/mol. The zero-order valence-electron chi connectivity index (χ0n) is 75.0. The fourth-order valence-corrected chi connectivity index (χ4v) is 22.7. The molecule has 648 valence electrons. The van der Waals surface area contributed by atoms with Crippen molar-refractivity contribution in [1.29, 1.82) is 0 Å². The molecule has 0 aliphatic heterocycles. The van der Waals surface area contributed by atoms with Crippen LogP contribution in [0.4, 0.5) is 0 Å². The summed E-state index contributed by atoms with van der Waals surface area (Å²) in [6, 6.07) is 161. The summed E-state index contributed by atoms with van der Waals surface area (Å²) in [5, 5.41) is 24.1. The van der Waals surface area contributed by atoms with Crippen LogP contribution in [0, 0.1) is 0 Å². The minimum absolute atomic E-state index is 0.475. The molecule has 140 heavy (non-hydrogen) atoms. The monoisotopic (exact) mass is 1780 g/mol. The Labute approximate surface area is 798 Å². The van der Waals surface area contributed by atoms with Gasteiger partial charge in [0, 0.05) is 87.5 Å².